The summed E-state index contributed by atoms with van der Waals surface area (Å²) >= 11 is 5.63. The zero-order valence-corrected chi connectivity index (χ0v) is 10.6. The molecular weight excluding hydrogens is 225 g/mol. The van der Waals surface area contributed by atoms with Gasteiger partial charge in [-0.2, -0.15) is 0 Å². The Kier molecular flexibility index (Phi) is 5.78. The Morgan fingerprint density at radius 3 is 2.81 bits per heavy atom. The molecule has 0 saturated carbocycles. The Morgan fingerprint density at radius 2 is 2.19 bits per heavy atom. The van der Waals surface area contributed by atoms with Gasteiger partial charge in [-0.05, 0) is 49.5 Å². The average Bonchev–Trinajstić information content (AvgIpc) is 2.24. The summed E-state index contributed by atoms with van der Waals surface area (Å²) in [7, 11) is 0. The van der Waals surface area contributed by atoms with E-state index in [2.05, 4.69) is 19.2 Å². The minimum absolute atomic E-state index is 0.195. The van der Waals surface area contributed by atoms with Gasteiger partial charge in [0, 0.05) is 0 Å². The first-order valence-electron chi connectivity index (χ1n) is 5.78. The van der Waals surface area contributed by atoms with Gasteiger partial charge in [-0.25, -0.2) is 4.39 Å². The summed E-state index contributed by atoms with van der Waals surface area (Å²) in [6, 6.07) is 5.04. The van der Waals surface area contributed by atoms with Crippen LogP contribution < -0.4 is 5.32 Å². The standard InChI is InChI=1S/C13H19ClFN/c1-3-6-16-9-10(2)7-11-4-5-12(14)13(15)8-11/h4-5,8,10,16H,3,6-7,9H2,1-2H3. The first-order valence-corrected chi connectivity index (χ1v) is 6.16. The lowest BCUT2D eigenvalue weighted by Crippen LogP contribution is -2.23. The highest BCUT2D eigenvalue weighted by Gasteiger charge is 2.06. The minimum atomic E-state index is -0.326. The van der Waals surface area contributed by atoms with Crippen LogP contribution in [-0.4, -0.2) is 13.1 Å². The lowest BCUT2D eigenvalue weighted by molar-refractivity contribution is 0.509. The predicted molar refractivity (Wildman–Crippen MR) is 67.4 cm³/mol. The molecule has 1 unspecified atom stereocenters. The molecule has 0 aliphatic carbocycles. The second-order valence-electron chi connectivity index (χ2n) is 4.26. The third kappa shape index (κ3) is 4.50. The van der Waals surface area contributed by atoms with Gasteiger partial charge in [0.05, 0.1) is 5.02 Å². The summed E-state index contributed by atoms with van der Waals surface area (Å²) in [6.45, 7) is 6.32. The van der Waals surface area contributed by atoms with Crippen LogP contribution in [0.25, 0.3) is 0 Å². The maximum absolute atomic E-state index is 13.2. The number of nitrogens with one attached hydrogen (secondary N) is 1. The van der Waals surface area contributed by atoms with Gasteiger partial charge in [-0.3, -0.25) is 0 Å². The summed E-state index contributed by atoms with van der Waals surface area (Å²) in [5.74, 6) is 0.181. The van der Waals surface area contributed by atoms with Crippen molar-refractivity contribution in [2.75, 3.05) is 13.1 Å². The lowest BCUT2D eigenvalue weighted by atomic mass is 10.0. The van der Waals surface area contributed by atoms with Crippen molar-refractivity contribution in [1.82, 2.24) is 5.32 Å². The van der Waals surface area contributed by atoms with Crippen LogP contribution in [0.2, 0.25) is 5.02 Å². The Bertz CT molecular complexity index is 328. The Hall–Kier alpha value is -0.600. The van der Waals surface area contributed by atoms with E-state index < -0.39 is 0 Å². The molecule has 1 aromatic carbocycles. The molecule has 0 fully saturated rings. The van der Waals surface area contributed by atoms with Crippen molar-refractivity contribution >= 4 is 11.6 Å². The molecule has 16 heavy (non-hydrogen) atoms. The molecule has 0 radical (unpaired) electrons. The summed E-state index contributed by atoms with van der Waals surface area (Å²) in [5.41, 5.74) is 1.01. The van der Waals surface area contributed by atoms with E-state index in [0.717, 1.165) is 31.5 Å². The fourth-order valence-electron chi connectivity index (χ4n) is 1.67. The van der Waals surface area contributed by atoms with Gasteiger partial charge in [0.1, 0.15) is 5.82 Å². The maximum atomic E-state index is 13.2. The van der Waals surface area contributed by atoms with Gasteiger partial charge in [0.2, 0.25) is 0 Å². The summed E-state index contributed by atoms with van der Waals surface area (Å²) in [6.07, 6.45) is 2.02. The van der Waals surface area contributed by atoms with Crippen molar-refractivity contribution in [2.45, 2.75) is 26.7 Å². The molecule has 0 heterocycles. The number of hydrogen-bond donors (Lipinski definition) is 1. The molecule has 0 amide bonds. The molecule has 0 aliphatic rings. The third-order valence-electron chi connectivity index (χ3n) is 2.49. The first kappa shape index (κ1) is 13.5. The second kappa shape index (κ2) is 6.87. The fraction of sp³-hybridized carbons (Fsp3) is 0.538. The van der Waals surface area contributed by atoms with Crippen LogP contribution in [0.15, 0.2) is 18.2 Å². The fourth-order valence-corrected chi connectivity index (χ4v) is 1.78. The topological polar surface area (TPSA) is 12.0 Å². The monoisotopic (exact) mass is 243 g/mol. The predicted octanol–water partition coefficient (Wildman–Crippen LogP) is 3.66. The SMILES string of the molecule is CCCNCC(C)Cc1ccc(Cl)c(F)c1. The Morgan fingerprint density at radius 1 is 1.44 bits per heavy atom. The largest absolute Gasteiger partial charge is 0.316 e. The molecule has 0 aromatic heterocycles. The first-order chi connectivity index (χ1) is 7.63. The highest BCUT2D eigenvalue weighted by atomic mass is 35.5. The van der Waals surface area contributed by atoms with Crippen LogP contribution in [0.3, 0.4) is 0 Å². The van der Waals surface area contributed by atoms with Crippen molar-refractivity contribution in [3.8, 4) is 0 Å². The molecule has 1 atom stereocenters. The van der Waals surface area contributed by atoms with Crippen molar-refractivity contribution < 1.29 is 4.39 Å². The summed E-state index contributed by atoms with van der Waals surface area (Å²) < 4.78 is 13.2. The number of halogens is 2. The van der Waals surface area contributed by atoms with Gasteiger partial charge in [0.15, 0.2) is 0 Å². The minimum Gasteiger partial charge on any atom is -0.316 e. The maximum Gasteiger partial charge on any atom is 0.142 e. The number of rotatable bonds is 6. The van der Waals surface area contributed by atoms with E-state index in [9.17, 15) is 4.39 Å². The quantitative estimate of drug-likeness (QED) is 0.752. The zero-order valence-electron chi connectivity index (χ0n) is 9.89. The number of benzene rings is 1. The van der Waals surface area contributed by atoms with E-state index >= 15 is 0 Å². The second-order valence-corrected chi connectivity index (χ2v) is 4.67. The molecule has 0 saturated heterocycles. The van der Waals surface area contributed by atoms with Crippen LogP contribution in [-0.2, 0) is 6.42 Å². The van der Waals surface area contributed by atoms with Crippen LogP contribution in [0.4, 0.5) is 4.39 Å². The van der Waals surface area contributed by atoms with Gasteiger partial charge in [0.25, 0.3) is 0 Å². The molecule has 0 spiro atoms. The Balaban J connectivity index is 2.43. The van der Waals surface area contributed by atoms with E-state index in [0.29, 0.717) is 5.92 Å². The summed E-state index contributed by atoms with van der Waals surface area (Å²) in [5, 5.41) is 3.56. The van der Waals surface area contributed by atoms with Crippen LogP contribution in [0.1, 0.15) is 25.8 Å². The van der Waals surface area contributed by atoms with Gasteiger partial charge >= 0.3 is 0 Å². The molecule has 1 nitrogen and oxygen atoms in total. The molecule has 1 rings (SSSR count). The molecular formula is C13H19ClFN. The lowest BCUT2D eigenvalue weighted by Gasteiger charge is -2.12. The smallest absolute Gasteiger partial charge is 0.142 e. The van der Waals surface area contributed by atoms with Crippen LogP contribution in [0, 0.1) is 11.7 Å². The van der Waals surface area contributed by atoms with E-state index in [-0.39, 0.29) is 10.8 Å². The van der Waals surface area contributed by atoms with Crippen LogP contribution >= 0.6 is 11.6 Å². The van der Waals surface area contributed by atoms with Gasteiger partial charge < -0.3 is 5.32 Å². The van der Waals surface area contributed by atoms with Crippen molar-refractivity contribution in [3.63, 3.8) is 0 Å². The van der Waals surface area contributed by atoms with Crippen molar-refractivity contribution in [1.29, 1.82) is 0 Å². The van der Waals surface area contributed by atoms with Crippen molar-refractivity contribution in [3.05, 3.63) is 34.6 Å². The molecule has 0 aliphatic heterocycles. The van der Waals surface area contributed by atoms with E-state index in [4.69, 9.17) is 11.6 Å². The number of hydrogen-bond acceptors (Lipinski definition) is 1. The highest BCUT2D eigenvalue weighted by molar-refractivity contribution is 6.30. The van der Waals surface area contributed by atoms with E-state index in [1.165, 1.54) is 6.07 Å². The molecule has 3 heteroatoms. The molecule has 1 aromatic rings. The summed E-state index contributed by atoms with van der Waals surface area (Å²) in [4.78, 5) is 0. The van der Waals surface area contributed by atoms with Gasteiger partial charge in [-0.15, -0.1) is 0 Å². The highest BCUT2D eigenvalue weighted by Crippen LogP contribution is 2.17. The molecule has 90 valence electrons. The van der Waals surface area contributed by atoms with E-state index in [1.807, 2.05) is 6.07 Å². The normalized spacial score (nSPS) is 12.8. The van der Waals surface area contributed by atoms with Gasteiger partial charge in [-0.1, -0.05) is 31.5 Å². The van der Waals surface area contributed by atoms with Crippen molar-refractivity contribution in [2.24, 2.45) is 5.92 Å². The average molecular weight is 244 g/mol. The van der Waals surface area contributed by atoms with E-state index in [1.54, 1.807) is 6.07 Å². The molecule has 0 bridgehead atoms. The Labute approximate surface area is 102 Å². The zero-order chi connectivity index (χ0) is 12.0. The third-order valence-corrected chi connectivity index (χ3v) is 2.79. The van der Waals surface area contributed by atoms with Crippen LogP contribution in [0.5, 0.6) is 0 Å². The molecule has 1 N–H and O–H groups in total.